The monoisotopic (exact) mass is 300 g/mol. The second kappa shape index (κ2) is 4.45. The van der Waals surface area contributed by atoms with E-state index in [1.54, 1.807) is 0 Å². The molecule has 0 radical (unpaired) electrons. The number of hydrogen-bond donors (Lipinski definition) is 1. The molecule has 1 aromatic rings. The number of anilines is 2. The van der Waals surface area contributed by atoms with Crippen molar-refractivity contribution in [2.75, 3.05) is 10.6 Å². The Balaban J connectivity index is 2.00. The van der Waals surface area contributed by atoms with E-state index in [1.165, 1.54) is 0 Å². The van der Waals surface area contributed by atoms with Gasteiger partial charge in [0.1, 0.15) is 12.2 Å². The molecule has 2 unspecified atom stereocenters. The van der Waals surface area contributed by atoms with Crippen LogP contribution in [-0.2, 0) is 20.5 Å². The number of nitrogen functional groups attached to an aromatic ring is 1. The van der Waals surface area contributed by atoms with Crippen molar-refractivity contribution in [3.05, 3.63) is 23.8 Å². The van der Waals surface area contributed by atoms with Crippen LogP contribution in [0.1, 0.15) is 18.4 Å². The number of alkyl halides is 3. The van der Waals surface area contributed by atoms with Crippen LogP contribution in [0.15, 0.2) is 18.2 Å². The summed E-state index contributed by atoms with van der Waals surface area (Å²) in [6.07, 6.45) is -5.15. The number of ether oxygens (including phenoxy) is 1. The topological polar surface area (TPSA) is 72.6 Å². The third-order valence-corrected chi connectivity index (χ3v) is 3.61. The fraction of sp³-hybridized carbons (Fsp3) is 0.385. The normalized spacial score (nSPS) is 25.6. The number of benzene rings is 1. The van der Waals surface area contributed by atoms with Crippen molar-refractivity contribution in [3.8, 4) is 0 Å². The average molecular weight is 300 g/mol. The maximum atomic E-state index is 12.6. The van der Waals surface area contributed by atoms with Gasteiger partial charge in [-0.1, -0.05) is 0 Å². The standard InChI is InChI=1S/C13H11F3N2O3/c14-13(15,16)6-1-2-8(7(17)5-6)18-11(19)9-3-4-10(21-9)12(18)20/h1-2,5,9-10H,3-4,17H2. The highest BCUT2D eigenvalue weighted by Crippen LogP contribution is 2.37. The van der Waals surface area contributed by atoms with Gasteiger partial charge in [0.2, 0.25) is 0 Å². The fourth-order valence-corrected chi connectivity index (χ4v) is 2.57. The number of amides is 2. The third kappa shape index (κ3) is 2.15. The maximum absolute atomic E-state index is 12.6. The highest BCUT2D eigenvalue weighted by atomic mass is 19.4. The first-order valence-electron chi connectivity index (χ1n) is 6.29. The second-order valence-corrected chi connectivity index (χ2v) is 4.97. The Hall–Kier alpha value is -2.09. The van der Waals surface area contributed by atoms with E-state index in [2.05, 4.69) is 0 Å². The number of nitrogens with zero attached hydrogens (tertiary/aromatic N) is 1. The molecule has 2 saturated heterocycles. The lowest BCUT2D eigenvalue weighted by Crippen LogP contribution is -2.52. The van der Waals surface area contributed by atoms with E-state index in [9.17, 15) is 22.8 Å². The highest BCUT2D eigenvalue weighted by molar-refractivity contribution is 6.21. The van der Waals surface area contributed by atoms with E-state index >= 15 is 0 Å². The summed E-state index contributed by atoms with van der Waals surface area (Å²) in [6.45, 7) is 0. The van der Waals surface area contributed by atoms with Crippen molar-refractivity contribution < 1.29 is 27.5 Å². The van der Waals surface area contributed by atoms with Crippen LogP contribution in [0.4, 0.5) is 24.5 Å². The number of halogens is 3. The van der Waals surface area contributed by atoms with Gasteiger partial charge in [-0.25, -0.2) is 4.90 Å². The van der Waals surface area contributed by atoms with E-state index in [0.717, 1.165) is 17.0 Å². The molecule has 8 heteroatoms. The molecule has 0 saturated carbocycles. The zero-order valence-electron chi connectivity index (χ0n) is 10.7. The predicted molar refractivity (Wildman–Crippen MR) is 66.2 cm³/mol. The molecule has 2 fully saturated rings. The summed E-state index contributed by atoms with van der Waals surface area (Å²) < 4.78 is 43.0. The zero-order chi connectivity index (χ0) is 15.4. The molecule has 0 aromatic heterocycles. The molecule has 2 aliphatic rings. The van der Waals surface area contributed by atoms with E-state index in [1.807, 2.05) is 0 Å². The minimum Gasteiger partial charge on any atom is -0.397 e. The molecular formula is C13H11F3N2O3. The molecule has 2 amide bonds. The zero-order valence-corrected chi connectivity index (χ0v) is 10.7. The minimum atomic E-state index is -4.54. The first kappa shape index (κ1) is 13.9. The first-order valence-corrected chi connectivity index (χ1v) is 6.29. The number of fused-ring (bicyclic) bond motifs is 2. The van der Waals surface area contributed by atoms with Crippen molar-refractivity contribution in [1.29, 1.82) is 0 Å². The van der Waals surface area contributed by atoms with Gasteiger partial charge in [-0.3, -0.25) is 9.59 Å². The Kier molecular flexibility index (Phi) is 2.94. The SMILES string of the molecule is Nc1cc(C(F)(F)F)ccc1N1C(=O)C2CCC(O2)C1=O. The van der Waals surface area contributed by atoms with Crippen molar-refractivity contribution in [1.82, 2.24) is 0 Å². The largest absolute Gasteiger partial charge is 0.416 e. The lowest BCUT2D eigenvalue weighted by atomic mass is 10.1. The van der Waals surface area contributed by atoms with Gasteiger partial charge in [0.05, 0.1) is 16.9 Å². The Morgan fingerprint density at radius 2 is 1.71 bits per heavy atom. The number of hydrogen-bond acceptors (Lipinski definition) is 4. The Morgan fingerprint density at radius 3 is 2.19 bits per heavy atom. The van der Waals surface area contributed by atoms with Crippen molar-refractivity contribution in [2.45, 2.75) is 31.2 Å². The Bertz CT molecular complexity index is 608. The van der Waals surface area contributed by atoms with Crippen LogP contribution in [0, 0.1) is 0 Å². The third-order valence-electron chi connectivity index (χ3n) is 3.61. The maximum Gasteiger partial charge on any atom is 0.416 e. The molecule has 0 aliphatic carbocycles. The molecule has 0 spiro atoms. The van der Waals surface area contributed by atoms with Gasteiger partial charge in [0, 0.05) is 0 Å². The number of carbonyl (C=O) groups excluding carboxylic acids is 2. The molecule has 1 aromatic carbocycles. The number of carbonyl (C=O) groups is 2. The van der Waals surface area contributed by atoms with Crippen molar-refractivity contribution >= 4 is 23.2 Å². The number of imide groups is 1. The molecule has 2 bridgehead atoms. The summed E-state index contributed by atoms with van der Waals surface area (Å²) in [7, 11) is 0. The van der Waals surface area contributed by atoms with Gasteiger partial charge in [0.25, 0.3) is 11.8 Å². The van der Waals surface area contributed by atoms with Crippen molar-refractivity contribution in [3.63, 3.8) is 0 Å². The van der Waals surface area contributed by atoms with Gasteiger partial charge in [0.15, 0.2) is 0 Å². The van der Waals surface area contributed by atoms with E-state index in [-0.39, 0.29) is 11.4 Å². The molecule has 2 aliphatic heterocycles. The summed E-state index contributed by atoms with van der Waals surface area (Å²) in [4.78, 5) is 25.1. The van der Waals surface area contributed by atoms with Gasteiger partial charge >= 0.3 is 6.18 Å². The second-order valence-electron chi connectivity index (χ2n) is 4.97. The number of rotatable bonds is 1. The van der Waals surface area contributed by atoms with E-state index in [4.69, 9.17) is 10.5 Å². The summed E-state index contributed by atoms with van der Waals surface area (Å²) in [5, 5.41) is 0. The van der Waals surface area contributed by atoms with Gasteiger partial charge in [-0.2, -0.15) is 13.2 Å². The molecule has 2 heterocycles. The first-order chi connectivity index (χ1) is 9.79. The van der Waals surface area contributed by atoms with E-state index < -0.39 is 35.8 Å². The number of nitrogens with two attached hydrogens (primary N) is 1. The van der Waals surface area contributed by atoms with Crippen LogP contribution in [-0.4, -0.2) is 24.0 Å². The quantitative estimate of drug-likeness (QED) is 0.633. The van der Waals surface area contributed by atoms with E-state index in [0.29, 0.717) is 18.9 Å². The average Bonchev–Trinajstić information content (AvgIpc) is 2.84. The van der Waals surface area contributed by atoms with Crippen molar-refractivity contribution in [2.24, 2.45) is 0 Å². The molecule has 2 atom stereocenters. The van der Waals surface area contributed by atoms with Gasteiger partial charge in [-0.05, 0) is 31.0 Å². The summed E-state index contributed by atoms with van der Waals surface area (Å²) >= 11 is 0. The summed E-state index contributed by atoms with van der Waals surface area (Å²) in [5.74, 6) is -1.17. The summed E-state index contributed by atoms with van der Waals surface area (Å²) in [5.41, 5.74) is 4.37. The Morgan fingerprint density at radius 1 is 1.14 bits per heavy atom. The minimum absolute atomic E-state index is 0.0294. The lowest BCUT2D eigenvalue weighted by molar-refractivity contribution is -0.146. The highest BCUT2D eigenvalue weighted by Gasteiger charge is 2.47. The smallest absolute Gasteiger partial charge is 0.397 e. The fourth-order valence-electron chi connectivity index (χ4n) is 2.57. The van der Waals surface area contributed by atoms with Gasteiger partial charge in [-0.15, -0.1) is 0 Å². The summed E-state index contributed by atoms with van der Waals surface area (Å²) in [6, 6.07) is 2.55. The molecule has 112 valence electrons. The molecule has 3 rings (SSSR count). The molecule has 5 nitrogen and oxygen atoms in total. The lowest BCUT2D eigenvalue weighted by Gasteiger charge is -2.30. The molecule has 2 N–H and O–H groups in total. The number of morpholine rings is 1. The molecule has 21 heavy (non-hydrogen) atoms. The molecular weight excluding hydrogens is 289 g/mol. The van der Waals surface area contributed by atoms with Crippen LogP contribution in [0.3, 0.4) is 0 Å². The Labute approximate surface area is 117 Å². The predicted octanol–water partition coefficient (Wildman–Crippen LogP) is 1.71. The van der Waals surface area contributed by atoms with Crippen LogP contribution >= 0.6 is 0 Å². The van der Waals surface area contributed by atoms with Crippen LogP contribution in [0.2, 0.25) is 0 Å². The van der Waals surface area contributed by atoms with Crippen LogP contribution in [0.5, 0.6) is 0 Å². The van der Waals surface area contributed by atoms with Crippen LogP contribution in [0.25, 0.3) is 0 Å². The van der Waals surface area contributed by atoms with Gasteiger partial charge < -0.3 is 10.5 Å². The van der Waals surface area contributed by atoms with Crippen LogP contribution < -0.4 is 10.6 Å².